The van der Waals surface area contributed by atoms with Crippen molar-refractivity contribution in [2.75, 3.05) is 22.5 Å². The Bertz CT molecular complexity index is 772. The van der Waals surface area contributed by atoms with Crippen LogP contribution in [0.4, 0.5) is 10.8 Å². The normalized spacial score (nSPS) is 17.0. The SMILES string of the molecule is O=C(CN1C(=O)CSc2ccccc21)Nc1nnc(C2CC2)s1. The Labute approximate surface area is 141 Å². The molecule has 1 aliphatic heterocycles. The summed E-state index contributed by atoms with van der Waals surface area (Å²) in [6, 6.07) is 7.63. The molecule has 2 aromatic rings. The van der Waals surface area contributed by atoms with Crippen molar-refractivity contribution < 1.29 is 9.59 Å². The van der Waals surface area contributed by atoms with E-state index < -0.39 is 0 Å². The lowest BCUT2D eigenvalue weighted by Gasteiger charge is -2.28. The summed E-state index contributed by atoms with van der Waals surface area (Å²) < 4.78 is 0. The number of hydrogen-bond donors (Lipinski definition) is 1. The summed E-state index contributed by atoms with van der Waals surface area (Å²) in [4.78, 5) is 27.0. The molecular formula is C15H14N4O2S2. The maximum absolute atomic E-state index is 12.3. The molecule has 1 aliphatic carbocycles. The highest BCUT2D eigenvalue weighted by Gasteiger charge is 2.29. The molecule has 2 amide bonds. The number of nitrogens with one attached hydrogen (secondary N) is 1. The van der Waals surface area contributed by atoms with Crippen molar-refractivity contribution in [1.82, 2.24) is 10.2 Å². The van der Waals surface area contributed by atoms with Crippen LogP contribution >= 0.6 is 23.1 Å². The predicted molar refractivity (Wildman–Crippen MR) is 90.0 cm³/mol. The quantitative estimate of drug-likeness (QED) is 0.920. The Morgan fingerprint density at radius 3 is 2.96 bits per heavy atom. The maximum Gasteiger partial charge on any atom is 0.246 e. The van der Waals surface area contributed by atoms with Crippen molar-refractivity contribution in [3.05, 3.63) is 29.3 Å². The summed E-state index contributed by atoms with van der Waals surface area (Å²) in [7, 11) is 0. The summed E-state index contributed by atoms with van der Waals surface area (Å²) in [6.07, 6.45) is 2.30. The first-order chi connectivity index (χ1) is 11.2. The molecule has 1 fully saturated rings. The van der Waals surface area contributed by atoms with Crippen LogP contribution < -0.4 is 10.2 Å². The van der Waals surface area contributed by atoms with Crippen LogP contribution in [0.3, 0.4) is 0 Å². The average molecular weight is 346 g/mol. The van der Waals surface area contributed by atoms with E-state index in [1.165, 1.54) is 28.0 Å². The first kappa shape index (κ1) is 14.6. The minimum Gasteiger partial charge on any atom is -0.301 e. The van der Waals surface area contributed by atoms with Gasteiger partial charge < -0.3 is 4.90 Å². The first-order valence-corrected chi connectivity index (χ1v) is 9.16. The number of benzene rings is 1. The Hall–Kier alpha value is -1.93. The number of para-hydroxylation sites is 1. The van der Waals surface area contributed by atoms with Crippen molar-refractivity contribution in [3.8, 4) is 0 Å². The van der Waals surface area contributed by atoms with Crippen molar-refractivity contribution in [2.24, 2.45) is 0 Å². The molecule has 0 saturated heterocycles. The van der Waals surface area contributed by atoms with Crippen molar-refractivity contribution in [1.29, 1.82) is 0 Å². The zero-order valence-corrected chi connectivity index (χ0v) is 13.8. The number of fused-ring (bicyclic) bond motifs is 1. The second-order valence-corrected chi connectivity index (χ2v) is 7.53. The summed E-state index contributed by atoms with van der Waals surface area (Å²) >= 11 is 2.92. The summed E-state index contributed by atoms with van der Waals surface area (Å²) in [5.74, 6) is 0.568. The Balaban J connectivity index is 1.46. The maximum atomic E-state index is 12.3. The summed E-state index contributed by atoms with van der Waals surface area (Å²) in [5.41, 5.74) is 0.792. The zero-order chi connectivity index (χ0) is 15.8. The van der Waals surface area contributed by atoms with E-state index in [0.717, 1.165) is 28.4 Å². The van der Waals surface area contributed by atoms with E-state index >= 15 is 0 Å². The molecule has 2 aliphatic rings. The Morgan fingerprint density at radius 2 is 2.13 bits per heavy atom. The van der Waals surface area contributed by atoms with Gasteiger partial charge in [0, 0.05) is 10.8 Å². The van der Waals surface area contributed by atoms with Gasteiger partial charge in [-0.05, 0) is 25.0 Å². The number of nitrogens with zero attached hydrogens (tertiary/aromatic N) is 3. The largest absolute Gasteiger partial charge is 0.301 e. The fourth-order valence-corrected chi connectivity index (χ4v) is 4.27. The number of aromatic nitrogens is 2. The van der Waals surface area contributed by atoms with Gasteiger partial charge in [0.2, 0.25) is 16.9 Å². The van der Waals surface area contributed by atoms with Crippen LogP contribution in [0.5, 0.6) is 0 Å². The van der Waals surface area contributed by atoms with Gasteiger partial charge in [0.05, 0.1) is 11.4 Å². The zero-order valence-electron chi connectivity index (χ0n) is 12.2. The predicted octanol–water partition coefficient (Wildman–Crippen LogP) is 2.49. The van der Waals surface area contributed by atoms with E-state index in [9.17, 15) is 9.59 Å². The number of carbonyl (C=O) groups is 2. The third-order valence-electron chi connectivity index (χ3n) is 3.72. The van der Waals surface area contributed by atoms with Gasteiger partial charge in [-0.15, -0.1) is 22.0 Å². The van der Waals surface area contributed by atoms with Gasteiger partial charge in [0.25, 0.3) is 0 Å². The van der Waals surface area contributed by atoms with Crippen molar-refractivity contribution in [3.63, 3.8) is 0 Å². The summed E-state index contributed by atoms with van der Waals surface area (Å²) in [5, 5.41) is 12.3. The molecule has 0 bridgehead atoms. The highest BCUT2D eigenvalue weighted by atomic mass is 32.2. The molecule has 0 atom stereocenters. The monoisotopic (exact) mass is 346 g/mol. The Kier molecular flexibility index (Phi) is 3.78. The molecule has 1 aromatic heterocycles. The molecular weight excluding hydrogens is 332 g/mol. The highest BCUT2D eigenvalue weighted by molar-refractivity contribution is 8.00. The molecule has 0 radical (unpaired) electrons. The molecule has 118 valence electrons. The lowest BCUT2D eigenvalue weighted by atomic mass is 10.2. The van der Waals surface area contributed by atoms with E-state index in [0.29, 0.717) is 16.8 Å². The fraction of sp³-hybridized carbons (Fsp3) is 0.333. The van der Waals surface area contributed by atoms with E-state index in [1.807, 2.05) is 24.3 Å². The van der Waals surface area contributed by atoms with E-state index in [4.69, 9.17) is 0 Å². The van der Waals surface area contributed by atoms with Gasteiger partial charge in [-0.1, -0.05) is 23.5 Å². The lowest BCUT2D eigenvalue weighted by molar-refractivity contribution is -0.120. The number of carbonyl (C=O) groups excluding carboxylic acids is 2. The first-order valence-electron chi connectivity index (χ1n) is 7.36. The molecule has 1 saturated carbocycles. The fourth-order valence-electron chi connectivity index (χ4n) is 2.41. The van der Waals surface area contributed by atoms with E-state index in [-0.39, 0.29) is 18.4 Å². The van der Waals surface area contributed by atoms with Crippen molar-refractivity contribution in [2.45, 2.75) is 23.7 Å². The minimum absolute atomic E-state index is 0.00521. The van der Waals surface area contributed by atoms with Gasteiger partial charge >= 0.3 is 0 Å². The van der Waals surface area contributed by atoms with Gasteiger partial charge in [-0.3, -0.25) is 14.9 Å². The van der Waals surface area contributed by atoms with Crippen LogP contribution in [0.25, 0.3) is 0 Å². The second-order valence-electron chi connectivity index (χ2n) is 5.50. The molecule has 2 heterocycles. The minimum atomic E-state index is -0.251. The number of rotatable bonds is 4. The van der Waals surface area contributed by atoms with Crippen LogP contribution in [0.2, 0.25) is 0 Å². The molecule has 23 heavy (non-hydrogen) atoms. The number of anilines is 2. The average Bonchev–Trinajstić information content (AvgIpc) is 3.30. The number of hydrogen-bond acceptors (Lipinski definition) is 6. The smallest absolute Gasteiger partial charge is 0.246 e. The highest BCUT2D eigenvalue weighted by Crippen LogP contribution is 2.42. The molecule has 1 N–H and O–H groups in total. The third-order valence-corrected chi connectivity index (χ3v) is 5.77. The van der Waals surface area contributed by atoms with E-state index in [2.05, 4.69) is 15.5 Å². The second kappa shape index (κ2) is 5.93. The molecule has 0 spiro atoms. The topological polar surface area (TPSA) is 75.2 Å². The molecule has 0 unspecified atom stereocenters. The van der Waals surface area contributed by atoms with Gasteiger partial charge in [0.15, 0.2) is 0 Å². The van der Waals surface area contributed by atoms with Gasteiger partial charge in [-0.25, -0.2) is 0 Å². The lowest BCUT2D eigenvalue weighted by Crippen LogP contribution is -2.41. The van der Waals surface area contributed by atoms with E-state index in [1.54, 1.807) is 0 Å². The number of amides is 2. The third kappa shape index (κ3) is 3.09. The standard InChI is InChI=1S/C15H14N4O2S2/c20-12(16-15-18-17-14(23-15)9-5-6-9)7-19-10-3-1-2-4-11(10)22-8-13(19)21/h1-4,9H,5-8H2,(H,16,18,20). The van der Waals surface area contributed by atoms with Gasteiger partial charge in [-0.2, -0.15) is 0 Å². The van der Waals surface area contributed by atoms with Crippen LogP contribution in [-0.4, -0.2) is 34.3 Å². The molecule has 6 nitrogen and oxygen atoms in total. The van der Waals surface area contributed by atoms with Gasteiger partial charge in [0.1, 0.15) is 11.6 Å². The number of thioether (sulfide) groups is 1. The van der Waals surface area contributed by atoms with Crippen LogP contribution in [0.15, 0.2) is 29.2 Å². The molecule has 1 aromatic carbocycles. The Morgan fingerprint density at radius 1 is 1.30 bits per heavy atom. The molecule has 4 rings (SSSR count). The van der Waals surface area contributed by atoms with Crippen LogP contribution in [0.1, 0.15) is 23.8 Å². The van der Waals surface area contributed by atoms with Crippen LogP contribution in [0, 0.1) is 0 Å². The molecule has 8 heteroatoms. The van der Waals surface area contributed by atoms with Crippen molar-refractivity contribution >= 4 is 45.7 Å². The summed E-state index contributed by atoms with van der Waals surface area (Å²) in [6.45, 7) is -0.00521. The van der Waals surface area contributed by atoms with Crippen LogP contribution in [-0.2, 0) is 9.59 Å².